The minimum atomic E-state index is -0.547. The van der Waals surface area contributed by atoms with E-state index < -0.39 is 6.04 Å². The van der Waals surface area contributed by atoms with Crippen LogP contribution in [0.15, 0.2) is 0 Å². The summed E-state index contributed by atoms with van der Waals surface area (Å²) in [5.41, 5.74) is 5.62. The summed E-state index contributed by atoms with van der Waals surface area (Å²) < 4.78 is 4.84. The van der Waals surface area contributed by atoms with Crippen molar-refractivity contribution in [2.45, 2.75) is 25.3 Å². The van der Waals surface area contributed by atoms with E-state index in [-0.39, 0.29) is 17.7 Å². The van der Waals surface area contributed by atoms with Crippen LogP contribution in [-0.2, 0) is 14.3 Å². The lowest BCUT2D eigenvalue weighted by molar-refractivity contribution is -0.124. The zero-order valence-corrected chi connectivity index (χ0v) is 10.2. The molecule has 1 saturated carbocycles. The monoisotopic (exact) mass is 243 g/mol. The number of methoxy groups -OCH3 is 1. The fourth-order valence-corrected chi connectivity index (χ4v) is 1.37. The fraction of sp³-hybridized carbons (Fsp3) is 0.818. The van der Waals surface area contributed by atoms with Crippen molar-refractivity contribution in [2.75, 3.05) is 26.8 Å². The van der Waals surface area contributed by atoms with Crippen molar-refractivity contribution in [3.8, 4) is 0 Å². The Labute approximate surface area is 101 Å². The van der Waals surface area contributed by atoms with E-state index in [0.29, 0.717) is 26.1 Å². The zero-order valence-electron chi connectivity index (χ0n) is 10.2. The van der Waals surface area contributed by atoms with E-state index in [1.54, 1.807) is 7.11 Å². The molecular weight excluding hydrogens is 222 g/mol. The van der Waals surface area contributed by atoms with Gasteiger partial charge in [0.2, 0.25) is 11.8 Å². The molecule has 1 aliphatic rings. The molecule has 1 aliphatic carbocycles. The number of hydrogen-bond acceptors (Lipinski definition) is 4. The highest BCUT2D eigenvalue weighted by Crippen LogP contribution is 2.28. The van der Waals surface area contributed by atoms with Crippen molar-refractivity contribution in [1.82, 2.24) is 10.6 Å². The van der Waals surface area contributed by atoms with Crippen LogP contribution in [0.25, 0.3) is 0 Å². The summed E-state index contributed by atoms with van der Waals surface area (Å²) in [6.45, 7) is 1.34. The molecule has 1 unspecified atom stereocenters. The van der Waals surface area contributed by atoms with Crippen molar-refractivity contribution in [3.63, 3.8) is 0 Å². The molecule has 6 heteroatoms. The summed E-state index contributed by atoms with van der Waals surface area (Å²) in [4.78, 5) is 22.7. The fourth-order valence-electron chi connectivity index (χ4n) is 1.37. The van der Waals surface area contributed by atoms with Gasteiger partial charge in [-0.3, -0.25) is 9.59 Å². The molecule has 98 valence electrons. The Bertz CT molecular complexity index is 267. The van der Waals surface area contributed by atoms with Gasteiger partial charge in [0, 0.05) is 32.7 Å². The number of hydrogen-bond donors (Lipinski definition) is 3. The maximum atomic E-state index is 11.4. The quantitative estimate of drug-likeness (QED) is 0.476. The Kier molecular flexibility index (Phi) is 5.93. The van der Waals surface area contributed by atoms with Crippen LogP contribution < -0.4 is 16.4 Å². The van der Waals surface area contributed by atoms with E-state index in [1.807, 2.05) is 0 Å². The molecule has 0 saturated heterocycles. The summed E-state index contributed by atoms with van der Waals surface area (Å²) >= 11 is 0. The molecule has 0 aliphatic heterocycles. The number of nitrogens with two attached hydrogens (primary N) is 1. The van der Waals surface area contributed by atoms with Gasteiger partial charge >= 0.3 is 0 Å². The summed E-state index contributed by atoms with van der Waals surface area (Å²) in [6, 6.07) is -0.547. The summed E-state index contributed by atoms with van der Waals surface area (Å²) in [6.07, 6.45) is 2.47. The maximum absolute atomic E-state index is 11.4. The van der Waals surface area contributed by atoms with Gasteiger partial charge in [0.1, 0.15) is 0 Å². The third kappa shape index (κ3) is 5.65. The summed E-state index contributed by atoms with van der Waals surface area (Å²) in [7, 11) is 1.57. The normalized spacial score (nSPS) is 16.4. The minimum absolute atomic E-state index is 0.0860. The lowest BCUT2D eigenvalue weighted by Crippen LogP contribution is -2.44. The third-order valence-corrected chi connectivity index (χ3v) is 2.64. The second kappa shape index (κ2) is 7.24. The molecule has 17 heavy (non-hydrogen) atoms. The highest BCUT2D eigenvalue weighted by atomic mass is 16.5. The van der Waals surface area contributed by atoms with Crippen LogP contribution >= 0.6 is 0 Å². The van der Waals surface area contributed by atoms with Gasteiger partial charge in [-0.05, 0) is 19.3 Å². The molecule has 0 aromatic heterocycles. The zero-order chi connectivity index (χ0) is 12.7. The maximum Gasteiger partial charge on any atom is 0.237 e. The first-order valence-corrected chi connectivity index (χ1v) is 5.95. The Morgan fingerprint density at radius 1 is 1.35 bits per heavy atom. The highest BCUT2D eigenvalue weighted by Gasteiger charge is 2.29. The minimum Gasteiger partial charge on any atom is -0.385 e. The Morgan fingerprint density at radius 2 is 2.00 bits per heavy atom. The van der Waals surface area contributed by atoms with Crippen LogP contribution in [0.2, 0.25) is 0 Å². The molecule has 0 aromatic rings. The molecule has 0 radical (unpaired) electrons. The number of nitrogens with one attached hydrogen (secondary N) is 2. The first-order valence-electron chi connectivity index (χ1n) is 5.95. The number of amides is 2. The van der Waals surface area contributed by atoms with E-state index >= 15 is 0 Å². The van der Waals surface area contributed by atoms with E-state index in [2.05, 4.69) is 10.6 Å². The van der Waals surface area contributed by atoms with Crippen LogP contribution in [0.4, 0.5) is 0 Å². The highest BCUT2D eigenvalue weighted by molar-refractivity contribution is 5.82. The van der Waals surface area contributed by atoms with Crippen LogP contribution in [-0.4, -0.2) is 44.7 Å². The average Bonchev–Trinajstić information content (AvgIpc) is 3.14. The van der Waals surface area contributed by atoms with Crippen LogP contribution in [0, 0.1) is 5.92 Å². The SMILES string of the molecule is COCCC(N)C(=O)NCCNC(=O)C1CC1. The molecule has 4 N–H and O–H groups in total. The molecule has 1 fully saturated rings. The lowest BCUT2D eigenvalue weighted by atomic mass is 10.2. The van der Waals surface area contributed by atoms with Gasteiger partial charge in [0.05, 0.1) is 6.04 Å². The Balaban J connectivity index is 2.00. The molecule has 1 rings (SSSR count). The standard InChI is InChI=1S/C11H21N3O3/c1-17-7-4-9(12)11(16)14-6-5-13-10(15)8-2-3-8/h8-9H,2-7,12H2,1H3,(H,13,15)(H,14,16). The van der Waals surface area contributed by atoms with Crippen LogP contribution in [0.3, 0.4) is 0 Å². The Hall–Kier alpha value is -1.14. The molecule has 1 atom stereocenters. The van der Waals surface area contributed by atoms with E-state index in [4.69, 9.17) is 10.5 Å². The lowest BCUT2D eigenvalue weighted by Gasteiger charge is -2.11. The van der Waals surface area contributed by atoms with Crippen molar-refractivity contribution in [1.29, 1.82) is 0 Å². The van der Waals surface area contributed by atoms with E-state index in [1.165, 1.54) is 0 Å². The molecule has 2 amide bonds. The van der Waals surface area contributed by atoms with Gasteiger partial charge in [-0.1, -0.05) is 0 Å². The van der Waals surface area contributed by atoms with Gasteiger partial charge < -0.3 is 21.1 Å². The van der Waals surface area contributed by atoms with Crippen LogP contribution in [0.5, 0.6) is 0 Å². The smallest absolute Gasteiger partial charge is 0.237 e. The topological polar surface area (TPSA) is 93.4 Å². The third-order valence-electron chi connectivity index (χ3n) is 2.64. The second-order valence-electron chi connectivity index (χ2n) is 4.24. The predicted molar refractivity (Wildman–Crippen MR) is 63.2 cm³/mol. The molecule has 0 heterocycles. The summed E-state index contributed by atoms with van der Waals surface area (Å²) in [5.74, 6) is 0.0836. The van der Waals surface area contributed by atoms with Crippen molar-refractivity contribution >= 4 is 11.8 Å². The summed E-state index contributed by atoms with van der Waals surface area (Å²) in [5, 5.41) is 5.43. The average molecular weight is 243 g/mol. The van der Waals surface area contributed by atoms with Gasteiger partial charge in [0.15, 0.2) is 0 Å². The molecular formula is C11H21N3O3. The number of rotatable bonds is 8. The molecule has 0 bridgehead atoms. The van der Waals surface area contributed by atoms with Crippen molar-refractivity contribution in [3.05, 3.63) is 0 Å². The van der Waals surface area contributed by atoms with Gasteiger partial charge in [-0.15, -0.1) is 0 Å². The predicted octanol–water partition coefficient (Wildman–Crippen LogP) is -1.01. The second-order valence-corrected chi connectivity index (χ2v) is 4.24. The van der Waals surface area contributed by atoms with E-state index in [0.717, 1.165) is 12.8 Å². The first kappa shape index (κ1) is 13.9. The molecule has 0 spiro atoms. The van der Waals surface area contributed by atoms with Crippen molar-refractivity contribution < 1.29 is 14.3 Å². The van der Waals surface area contributed by atoms with Crippen molar-refractivity contribution in [2.24, 2.45) is 11.7 Å². The Morgan fingerprint density at radius 3 is 2.59 bits per heavy atom. The molecule has 0 aromatic carbocycles. The largest absolute Gasteiger partial charge is 0.385 e. The van der Waals surface area contributed by atoms with Crippen LogP contribution in [0.1, 0.15) is 19.3 Å². The number of carbonyl (C=O) groups excluding carboxylic acids is 2. The number of carbonyl (C=O) groups is 2. The van der Waals surface area contributed by atoms with E-state index in [9.17, 15) is 9.59 Å². The number of ether oxygens (including phenoxy) is 1. The molecule has 6 nitrogen and oxygen atoms in total. The van der Waals surface area contributed by atoms with Gasteiger partial charge in [0.25, 0.3) is 0 Å². The van der Waals surface area contributed by atoms with Gasteiger partial charge in [-0.25, -0.2) is 0 Å². The van der Waals surface area contributed by atoms with Gasteiger partial charge in [-0.2, -0.15) is 0 Å². The first-order chi connectivity index (χ1) is 8.15.